The van der Waals surface area contributed by atoms with Gasteiger partial charge in [-0.2, -0.15) is 0 Å². The zero-order valence-electron chi connectivity index (χ0n) is 15.3. The number of amides is 2. The lowest BCUT2D eigenvalue weighted by Crippen LogP contribution is -2.42. The first-order chi connectivity index (χ1) is 13.7. The third kappa shape index (κ3) is 5.40. The number of hydrogen-bond donors (Lipinski definition) is 1. The second kappa shape index (κ2) is 9.65. The summed E-state index contributed by atoms with van der Waals surface area (Å²) in [7, 11) is 0. The molecule has 2 aromatic heterocycles. The second-order valence-corrected chi connectivity index (χ2v) is 6.85. The SMILES string of the molecule is CCN(CC(=O)NCc1cccs1)C(=O)COc1ccc(-c2nnco2)cc1. The summed E-state index contributed by atoms with van der Waals surface area (Å²) in [5, 5.41) is 12.2. The van der Waals surface area contributed by atoms with Crippen molar-refractivity contribution >= 4 is 23.2 Å². The van der Waals surface area contributed by atoms with Crippen LogP contribution in [0.15, 0.2) is 52.6 Å². The van der Waals surface area contributed by atoms with Crippen molar-refractivity contribution in [3.63, 3.8) is 0 Å². The fraction of sp³-hybridized carbons (Fsp3) is 0.263. The average Bonchev–Trinajstić information content (AvgIpc) is 3.43. The number of likely N-dealkylation sites (N-methyl/N-ethyl adjacent to an activating group) is 1. The molecule has 8 nitrogen and oxygen atoms in total. The first-order valence-corrected chi connectivity index (χ1v) is 9.60. The molecule has 0 aliphatic rings. The van der Waals surface area contributed by atoms with E-state index in [0.717, 1.165) is 10.4 Å². The van der Waals surface area contributed by atoms with Crippen molar-refractivity contribution in [2.24, 2.45) is 0 Å². The molecule has 0 bridgehead atoms. The number of carbonyl (C=O) groups excluding carboxylic acids is 2. The van der Waals surface area contributed by atoms with Gasteiger partial charge in [-0.25, -0.2) is 0 Å². The molecule has 3 aromatic rings. The molecule has 0 atom stereocenters. The van der Waals surface area contributed by atoms with Crippen LogP contribution in [0.25, 0.3) is 11.5 Å². The molecule has 146 valence electrons. The summed E-state index contributed by atoms with van der Waals surface area (Å²) in [6, 6.07) is 10.9. The Bertz CT molecular complexity index is 879. The van der Waals surface area contributed by atoms with Gasteiger partial charge in [-0.15, -0.1) is 21.5 Å². The van der Waals surface area contributed by atoms with Crippen LogP contribution < -0.4 is 10.1 Å². The molecule has 0 spiro atoms. The fourth-order valence-electron chi connectivity index (χ4n) is 2.43. The van der Waals surface area contributed by atoms with Gasteiger partial charge in [0.15, 0.2) is 6.61 Å². The Morgan fingerprint density at radius 2 is 2.07 bits per heavy atom. The molecule has 0 aliphatic heterocycles. The lowest BCUT2D eigenvalue weighted by molar-refractivity contribution is -0.137. The third-order valence-corrected chi connectivity index (χ3v) is 4.81. The quantitative estimate of drug-likeness (QED) is 0.592. The topological polar surface area (TPSA) is 97.6 Å². The molecule has 28 heavy (non-hydrogen) atoms. The summed E-state index contributed by atoms with van der Waals surface area (Å²) in [5.41, 5.74) is 0.758. The molecule has 0 saturated carbocycles. The van der Waals surface area contributed by atoms with E-state index in [1.165, 1.54) is 11.3 Å². The Hall–Kier alpha value is -3.20. The van der Waals surface area contributed by atoms with Crippen molar-refractivity contribution in [3.05, 3.63) is 53.0 Å². The van der Waals surface area contributed by atoms with E-state index in [-0.39, 0.29) is 25.0 Å². The van der Waals surface area contributed by atoms with Crippen LogP contribution in [0.5, 0.6) is 5.75 Å². The van der Waals surface area contributed by atoms with Gasteiger partial charge < -0.3 is 19.4 Å². The minimum Gasteiger partial charge on any atom is -0.484 e. The zero-order chi connectivity index (χ0) is 19.8. The van der Waals surface area contributed by atoms with Gasteiger partial charge >= 0.3 is 0 Å². The van der Waals surface area contributed by atoms with Gasteiger partial charge in [0, 0.05) is 17.0 Å². The fourth-order valence-corrected chi connectivity index (χ4v) is 3.08. The summed E-state index contributed by atoms with van der Waals surface area (Å²) < 4.78 is 10.7. The predicted molar refractivity (Wildman–Crippen MR) is 104 cm³/mol. The summed E-state index contributed by atoms with van der Waals surface area (Å²) in [6.07, 6.45) is 1.26. The highest BCUT2D eigenvalue weighted by Crippen LogP contribution is 2.20. The number of nitrogens with one attached hydrogen (secondary N) is 1. The van der Waals surface area contributed by atoms with Gasteiger partial charge in [-0.1, -0.05) is 6.07 Å². The van der Waals surface area contributed by atoms with Crippen molar-refractivity contribution in [3.8, 4) is 17.2 Å². The molecule has 3 rings (SSSR count). The smallest absolute Gasteiger partial charge is 0.260 e. The Morgan fingerprint density at radius 1 is 1.25 bits per heavy atom. The van der Waals surface area contributed by atoms with Gasteiger partial charge in [0.05, 0.1) is 13.1 Å². The molecule has 2 heterocycles. The van der Waals surface area contributed by atoms with Crippen LogP contribution in [-0.4, -0.2) is 46.6 Å². The molecule has 0 unspecified atom stereocenters. The van der Waals surface area contributed by atoms with Crippen molar-refractivity contribution in [2.75, 3.05) is 19.7 Å². The van der Waals surface area contributed by atoms with Crippen LogP contribution >= 0.6 is 11.3 Å². The third-order valence-electron chi connectivity index (χ3n) is 3.93. The maximum Gasteiger partial charge on any atom is 0.260 e. The van der Waals surface area contributed by atoms with Crippen molar-refractivity contribution in [1.82, 2.24) is 20.4 Å². The molecule has 1 N–H and O–H groups in total. The van der Waals surface area contributed by atoms with Crippen LogP contribution in [0, 0.1) is 0 Å². The Balaban J connectivity index is 1.46. The van der Waals surface area contributed by atoms with Gasteiger partial charge in [0.1, 0.15) is 5.75 Å². The van der Waals surface area contributed by atoms with E-state index in [2.05, 4.69) is 15.5 Å². The molecule has 2 amide bonds. The largest absolute Gasteiger partial charge is 0.484 e. The number of thiophene rings is 1. The Morgan fingerprint density at radius 3 is 2.71 bits per heavy atom. The normalized spacial score (nSPS) is 10.5. The number of rotatable bonds is 9. The molecule has 0 saturated heterocycles. The molecular formula is C19H20N4O4S. The van der Waals surface area contributed by atoms with E-state index in [9.17, 15) is 9.59 Å². The first-order valence-electron chi connectivity index (χ1n) is 8.72. The highest BCUT2D eigenvalue weighted by atomic mass is 32.1. The van der Waals surface area contributed by atoms with Gasteiger partial charge in [0.2, 0.25) is 18.2 Å². The van der Waals surface area contributed by atoms with E-state index in [4.69, 9.17) is 9.15 Å². The Labute approximate surface area is 166 Å². The number of nitrogens with zero attached hydrogens (tertiary/aromatic N) is 3. The van der Waals surface area contributed by atoms with E-state index in [1.54, 1.807) is 35.6 Å². The van der Waals surface area contributed by atoms with E-state index in [1.807, 2.05) is 24.4 Å². The standard InChI is InChI=1S/C19H20N4O4S/c1-2-23(11-17(24)20-10-16-4-3-9-28-16)18(25)12-26-15-7-5-14(6-8-15)19-22-21-13-27-19/h3-9,13H,2,10-12H2,1H3,(H,20,24). The van der Waals surface area contributed by atoms with E-state index >= 15 is 0 Å². The summed E-state index contributed by atoms with van der Waals surface area (Å²) in [6.45, 7) is 2.56. The van der Waals surface area contributed by atoms with Gasteiger partial charge in [-0.05, 0) is 42.6 Å². The summed E-state index contributed by atoms with van der Waals surface area (Å²) in [5.74, 6) is 0.491. The summed E-state index contributed by atoms with van der Waals surface area (Å²) >= 11 is 1.57. The van der Waals surface area contributed by atoms with E-state index < -0.39 is 0 Å². The van der Waals surface area contributed by atoms with Crippen LogP contribution in [-0.2, 0) is 16.1 Å². The maximum absolute atomic E-state index is 12.4. The molecule has 0 radical (unpaired) electrons. The highest BCUT2D eigenvalue weighted by Gasteiger charge is 2.16. The van der Waals surface area contributed by atoms with Crippen LogP contribution in [0.1, 0.15) is 11.8 Å². The molecule has 9 heteroatoms. The predicted octanol–water partition coefficient (Wildman–Crippen LogP) is 2.34. The number of aromatic nitrogens is 2. The molecule has 0 fully saturated rings. The number of carbonyl (C=O) groups is 2. The Kier molecular flexibility index (Phi) is 6.74. The highest BCUT2D eigenvalue weighted by molar-refractivity contribution is 7.09. The second-order valence-electron chi connectivity index (χ2n) is 5.82. The lowest BCUT2D eigenvalue weighted by atomic mass is 10.2. The molecule has 1 aromatic carbocycles. The van der Waals surface area contributed by atoms with Crippen molar-refractivity contribution < 1.29 is 18.7 Å². The summed E-state index contributed by atoms with van der Waals surface area (Å²) in [4.78, 5) is 27.0. The van der Waals surface area contributed by atoms with Gasteiger partial charge in [-0.3, -0.25) is 9.59 Å². The van der Waals surface area contributed by atoms with Crippen LogP contribution in [0.2, 0.25) is 0 Å². The number of ether oxygens (including phenoxy) is 1. The minimum absolute atomic E-state index is 0.000168. The minimum atomic E-state index is -0.255. The number of benzene rings is 1. The van der Waals surface area contributed by atoms with Crippen LogP contribution in [0.3, 0.4) is 0 Å². The zero-order valence-corrected chi connectivity index (χ0v) is 16.1. The molecule has 0 aliphatic carbocycles. The number of hydrogen-bond acceptors (Lipinski definition) is 7. The van der Waals surface area contributed by atoms with E-state index in [0.29, 0.717) is 24.7 Å². The maximum atomic E-state index is 12.4. The monoisotopic (exact) mass is 400 g/mol. The van der Waals surface area contributed by atoms with Gasteiger partial charge in [0.25, 0.3) is 5.91 Å². The van der Waals surface area contributed by atoms with Crippen molar-refractivity contribution in [2.45, 2.75) is 13.5 Å². The average molecular weight is 400 g/mol. The molecular weight excluding hydrogens is 380 g/mol. The van der Waals surface area contributed by atoms with Crippen molar-refractivity contribution in [1.29, 1.82) is 0 Å². The lowest BCUT2D eigenvalue weighted by Gasteiger charge is -2.20. The first kappa shape index (κ1) is 19.6. The van der Waals surface area contributed by atoms with Crippen LogP contribution in [0.4, 0.5) is 0 Å².